The molecule has 1 aliphatic rings. The molecule has 6 heteroatoms. The highest BCUT2D eigenvalue weighted by Gasteiger charge is 2.35. The lowest BCUT2D eigenvalue weighted by atomic mass is 9.86. The molecule has 2 aromatic carbocycles. The fraction of sp³-hybridized carbons (Fsp3) is 0.111. The third-order valence-electron chi connectivity index (χ3n) is 4.08. The summed E-state index contributed by atoms with van der Waals surface area (Å²) >= 11 is 12.6. The first-order valence-corrected chi connectivity index (χ1v) is 8.02. The molecule has 4 rings (SSSR count). The van der Waals surface area contributed by atoms with Crippen molar-refractivity contribution in [3.8, 4) is 5.75 Å². The normalized spacial score (nSPS) is 16.8. The molecule has 0 saturated carbocycles. The number of hydrogen-bond donors (Lipinski definition) is 0. The lowest BCUT2D eigenvalue weighted by molar-refractivity contribution is -0.135. The second kappa shape index (κ2) is 5.65. The highest BCUT2D eigenvalue weighted by Crippen LogP contribution is 2.44. The van der Waals surface area contributed by atoms with E-state index < -0.39 is 17.5 Å². The fourth-order valence-electron chi connectivity index (χ4n) is 3.06. The third-order valence-corrected chi connectivity index (χ3v) is 4.74. The summed E-state index contributed by atoms with van der Waals surface area (Å²) in [6, 6.07) is 12.0. The third kappa shape index (κ3) is 2.30. The van der Waals surface area contributed by atoms with Crippen molar-refractivity contribution in [2.24, 2.45) is 0 Å². The molecular weight excluding hydrogens is 351 g/mol. The minimum atomic E-state index is -0.608. The van der Waals surface area contributed by atoms with Crippen LogP contribution in [0.1, 0.15) is 23.5 Å². The summed E-state index contributed by atoms with van der Waals surface area (Å²) in [5.41, 5.74) is 0.599. The van der Waals surface area contributed by atoms with Crippen LogP contribution in [-0.2, 0) is 4.79 Å². The Morgan fingerprint density at radius 2 is 1.62 bits per heavy atom. The number of fused-ring (bicyclic) bond motifs is 3. The van der Waals surface area contributed by atoms with E-state index in [1.54, 1.807) is 42.5 Å². The van der Waals surface area contributed by atoms with Crippen molar-refractivity contribution in [1.82, 2.24) is 0 Å². The quantitative estimate of drug-likeness (QED) is 0.472. The van der Waals surface area contributed by atoms with Crippen LogP contribution in [0.15, 0.2) is 51.7 Å². The summed E-state index contributed by atoms with van der Waals surface area (Å²) in [6.45, 7) is 0. The predicted octanol–water partition coefficient (Wildman–Crippen LogP) is 4.54. The van der Waals surface area contributed by atoms with E-state index >= 15 is 0 Å². The summed E-state index contributed by atoms with van der Waals surface area (Å²) in [7, 11) is 0. The van der Waals surface area contributed by atoms with Crippen molar-refractivity contribution in [3.63, 3.8) is 0 Å². The second-order valence-electron chi connectivity index (χ2n) is 5.49. The van der Waals surface area contributed by atoms with E-state index in [1.165, 1.54) is 0 Å². The van der Waals surface area contributed by atoms with Crippen LogP contribution in [0.3, 0.4) is 0 Å². The number of para-hydroxylation sites is 1. The number of carbonyl (C=O) groups excluding carboxylic acids is 1. The van der Waals surface area contributed by atoms with Gasteiger partial charge in [-0.3, -0.25) is 4.79 Å². The van der Waals surface area contributed by atoms with Gasteiger partial charge in [0.25, 0.3) is 0 Å². The predicted molar refractivity (Wildman–Crippen MR) is 91.0 cm³/mol. The van der Waals surface area contributed by atoms with E-state index in [4.69, 9.17) is 32.4 Å². The van der Waals surface area contributed by atoms with E-state index in [1.807, 2.05) is 0 Å². The molecule has 3 aromatic rings. The van der Waals surface area contributed by atoms with Crippen LogP contribution in [0, 0.1) is 0 Å². The number of rotatable bonds is 1. The SMILES string of the molecule is O=C1CC(c2c(Cl)cccc2Cl)c2c(c3ccccc3oc2=O)O1. The molecule has 2 heterocycles. The summed E-state index contributed by atoms with van der Waals surface area (Å²) in [5, 5.41) is 1.34. The minimum absolute atomic E-state index is 0.0282. The van der Waals surface area contributed by atoms with Crippen LogP contribution < -0.4 is 10.4 Å². The van der Waals surface area contributed by atoms with Crippen LogP contribution in [0.2, 0.25) is 10.0 Å². The maximum Gasteiger partial charge on any atom is 0.343 e. The number of halogens is 2. The molecular formula is C18H10Cl2O4. The number of ether oxygens (including phenoxy) is 1. The molecule has 24 heavy (non-hydrogen) atoms. The van der Waals surface area contributed by atoms with Gasteiger partial charge in [-0.2, -0.15) is 0 Å². The Morgan fingerprint density at radius 1 is 0.917 bits per heavy atom. The number of carbonyl (C=O) groups is 1. The van der Waals surface area contributed by atoms with Gasteiger partial charge in [-0.05, 0) is 29.8 Å². The zero-order valence-corrected chi connectivity index (χ0v) is 13.7. The Bertz CT molecular complexity index is 1020. The Hall–Kier alpha value is -2.30. The van der Waals surface area contributed by atoms with Crippen LogP contribution in [0.4, 0.5) is 0 Å². The van der Waals surface area contributed by atoms with E-state index in [0.29, 0.717) is 26.6 Å². The molecule has 1 aliphatic heterocycles. The molecule has 1 atom stereocenters. The van der Waals surface area contributed by atoms with Gasteiger partial charge in [0, 0.05) is 16.0 Å². The number of benzene rings is 2. The Labute approximate surface area is 146 Å². The van der Waals surface area contributed by atoms with Gasteiger partial charge in [0.15, 0.2) is 5.75 Å². The van der Waals surface area contributed by atoms with Gasteiger partial charge in [-0.15, -0.1) is 0 Å². The monoisotopic (exact) mass is 360 g/mol. The number of esters is 1. The van der Waals surface area contributed by atoms with Gasteiger partial charge in [0.1, 0.15) is 5.58 Å². The first-order valence-electron chi connectivity index (χ1n) is 7.26. The average molecular weight is 361 g/mol. The number of hydrogen-bond acceptors (Lipinski definition) is 4. The molecule has 120 valence electrons. The highest BCUT2D eigenvalue weighted by molar-refractivity contribution is 6.36. The molecule has 0 saturated heterocycles. The molecule has 0 fully saturated rings. The van der Waals surface area contributed by atoms with Crippen molar-refractivity contribution in [2.75, 3.05) is 0 Å². The van der Waals surface area contributed by atoms with Gasteiger partial charge in [-0.25, -0.2) is 4.79 Å². The Morgan fingerprint density at radius 3 is 2.38 bits per heavy atom. The van der Waals surface area contributed by atoms with Crippen LogP contribution in [0.25, 0.3) is 11.0 Å². The largest absolute Gasteiger partial charge is 0.425 e. The molecule has 0 N–H and O–H groups in total. The molecule has 4 nitrogen and oxygen atoms in total. The second-order valence-corrected chi connectivity index (χ2v) is 6.31. The fourth-order valence-corrected chi connectivity index (χ4v) is 3.72. The van der Waals surface area contributed by atoms with Gasteiger partial charge < -0.3 is 9.15 Å². The molecule has 1 unspecified atom stereocenters. The highest BCUT2D eigenvalue weighted by atomic mass is 35.5. The first kappa shape index (κ1) is 15.2. The smallest absolute Gasteiger partial charge is 0.343 e. The lowest BCUT2D eigenvalue weighted by Crippen LogP contribution is -2.27. The maximum absolute atomic E-state index is 12.5. The minimum Gasteiger partial charge on any atom is -0.425 e. The molecule has 1 aromatic heterocycles. The first-order chi connectivity index (χ1) is 11.6. The lowest BCUT2D eigenvalue weighted by Gasteiger charge is -2.25. The van der Waals surface area contributed by atoms with E-state index in [0.717, 1.165) is 0 Å². The zero-order valence-electron chi connectivity index (χ0n) is 12.2. The summed E-state index contributed by atoms with van der Waals surface area (Å²) in [6.07, 6.45) is -0.0282. The van der Waals surface area contributed by atoms with Gasteiger partial charge in [0.2, 0.25) is 0 Å². The molecule has 0 radical (unpaired) electrons. The van der Waals surface area contributed by atoms with Crippen molar-refractivity contribution in [2.45, 2.75) is 12.3 Å². The van der Waals surface area contributed by atoms with Crippen molar-refractivity contribution in [1.29, 1.82) is 0 Å². The van der Waals surface area contributed by atoms with Gasteiger partial charge in [-0.1, -0.05) is 41.4 Å². The standard InChI is InChI=1S/C18H10Cl2O4/c19-11-5-3-6-12(20)15(11)10-8-14(21)24-17-9-4-1-2-7-13(9)23-18(22)16(10)17/h1-7,10H,8H2. The molecule has 0 spiro atoms. The van der Waals surface area contributed by atoms with Crippen molar-refractivity contribution >= 4 is 40.1 Å². The van der Waals surface area contributed by atoms with Gasteiger partial charge >= 0.3 is 11.6 Å². The van der Waals surface area contributed by atoms with Crippen LogP contribution in [-0.4, -0.2) is 5.97 Å². The van der Waals surface area contributed by atoms with Crippen molar-refractivity contribution in [3.05, 3.63) is 74.1 Å². The van der Waals surface area contributed by atoms with Gasteiger partial charge in [0.05, 0.1) is 17.4 Å². The van der Waals surface area contributed by atoms with E-state index in [-0.39, 0.29) is 17.7 Å². The van der Waals surface area contributed by atoms with E-state index in [2.05, 4.69) is 0 Å². The summed E-state index contributed by atoms with van der Waals surface area (Å²) in [4.78, 5) is 24.7. The van der Waals surface area contributed by atoms with Crippen LogP contribution >= 0.6 is 23.2 Å². The molecule has 0 aliphatic carbocycles. The Kier molecular flexibility index (Phi) is 3.59. The molecule has 0 bridgehead atoms. The maximum atomic E-state index is 12.5. The zero-order chi connectivity index (χ0) is 16.8. The summed E-state index contributed by atoms with van der Waals surface area (Å²) in [5.74, 6) is -0.832. The summed E-state index contributed by atoms with van der Waals surface area (Å²) < 4.78 is 10.8. The van der Waals surface area contributed by atoms with Crippen LogP contribution in [0.5, 0.6) is 5.75 Å². The van der Waals surface area contributed by atoms with Crippen molar-refractivity contribution < 1.29 is 13.9 Å². The van der Waals surface area contributed by atoms with E-state index in [9.17, 15) is 9.59 Å². The topological polar surface area (TPSA) is 56.5 Å². The average Bonchev–Trinajstić information content (AvgIpc) is 2.54. The Balaban J connectivity index is 2.07. The molecule has 0 amide bonds.